The first-order valence-electron chi connectivity index (χ1n) is 6.29. The Hall–Kier alpha value is -1.74. The Labute approximate surface area is 108 Å². The average Bonchev–Trinajstić information content (AvgIpc) is 2.42. The minimum absolute atomic E-state index is 0.106. The van der Waals surface area contributed by atoms with Crippen molar-refractivity contribution >= 4 is 0 Å². The highest BCUT2D eigenvalue weighted by Crippen LogP contribution is 2.24. The van der Waals surface area contributed by atoms with Crippen LogP contribution in [0.1, 0.15) is 35.3 Å². The van der Waals surface area contributed by atoms with E-state index in [-0.39, 0.29) is 6.04 Å². The Kier molecular flexibility index (Phi) is 4.05. The topological polar surface area (TPSA) is 37.8 Å². The van der Waals surface area contributed by atoms with Crippen molar-refractivity contribution in [2.75, 3.05) is 7.05 Å². The molecule has 1 atom stereocenters. The van der Waals surface area contributed by atoms with Gasteiger partial charge in [0.05, 0.1) is 11.7 Å². The molecule has 0 radical (unpaired) electrons. The van der Waals surface area contributed by atoms with Crippen LogP contribution in [0, 0.1) is 6.92 Å². The molecular weight excluding hydrogens is 222 g/mol. The van der Waals surface area contributed by atoms with E-state index >= 15 is 0 Å². The second kappa shape index (κ2) is 5.74. The van der Waals surface area contributed by atoms with Gasteiger partial charge in [-0.1, -0.05) is 13.0 Å². The quantitative estimate of drug-likeness (QED) is 0.894. The van der Waals surface area contributed by atoms with Crippen molar-refractivity contribution < 1.29 is 0 Å². The number of rotatable bonds is 4. The Balaban J connectivity index is 2.49. The van der Waals surface area contributed by atoms with E-state index in [0.717, 1.165) is 12.1 Å². The largest absolute Gasteiger partial charge is 0.308 e. The number of hydrogen-bond donors (Lipinski definition) is 1. The van der Waals surface area contributed by atoms with Crippen molar-refractivity contribution in [2.24, 2.45) is 0 Å². The predicted octanol–water partition coefficient (Wildman–Crippen LogP) is 2.66. The van der Waals surface area contributed by atoms with Crippen LogP contribution in [0.25, 0.3) is 0 Å². The molecule has 0 aliphatic carbocycles. The van der Waals surface area contributed by atoms with Crippen LogP contribution in [0.5, 0.6) is 0 Å². The molecule has 18 heavy (non-hydrogen) atoms. The van der Waals surface area contributed by atoms with Crippen molar-refractivity contribution in [1.29, 1.82) is 0 Å². The van der Waals surface area contributed by atoms with Crippen molar-refractivity contribution in [3.05, 3.63) is 59.2 Å². The fourth-order valence-corrected chi connectivity index (χ4v) is 2.23. The molecule has 0 aromatic carbocycles. The van der Waals surface area contributed by atoms with Gasteiger partial charge >= 0.3 is 0 Å². The Morgan fingerprint density at radius 3 is 2.78 bits per heavy atom. The summed E-state index contributed by atoms with van der Waals surface area (Å²) >= 11 is 0. The molecule has 0 amide bonds. The van der Waals surface area contributed by atoms with Crippen LogP contribution >= 0.6 is 0 Å². The fraction of sp³-hybridized carbons (Fsp3) is 0.333. The molecule has 0 bridgehead atoms. The van der Waals surface area contributed by atoms with Crippen LogP contribution in [-0.2, 0) is 6.42 Å². The zero-order valence-electron chi connectivity index (χ0n) is 11.1. The van der Waals surface area contributed by atoms with Gasteiger partial charge in [-0.05, 0) is 49.2 Å². The maximum absolute atomic E-state index is 4.55. The number of aryl methyl sites for hydroxylation is 2. The van der Waals surface area contributed by atoms with E-state index in [1.165, 1.54) is 16.7 Å². The first-order chi connectivity index (χ1) is 8.77. The Bertz CT molecular complexity index is 523. The maximum atomic E-state index is 4.55. The summed E-state index contributed by atoms with van der Waals surface area (Å²) in [5.74, 6) is 0. The zero-order chi connectivity index (χ0) is 13.0. The standard InChI is InChI=1S/C15H19N3/c1-4-12-6-5-8-18-14(12)15(16-3)13-10-17-9-7-11(13)2/h5-10,15-16H,4H2,1-3H3. The third kappa shape index (κ3) is 2.41. The van der Waals surface area contributed by atoms with Gasteiger partial charge in [-0.15, -0.1) is 0 Å². The number of pyridine rings is 2. The second-order valence-corrected chi connectivity index (χ2v) is 4.36. The summed E-state index contributed by atoms with van der Waals surface area (Å²) in [6.45, 7) is 4.26. The van der Waals surface area contributed by atoms with Crippen molar-refractivity contribution in [3.63, 3.8) is 0 Å². The van der Waals surface area contributed by atoms with Gasteiger partial charge in [0.1, 0.15) is 0 Å². The van der Waals surface area contributed by atoms with Crippen molar-refractivity contribution in [3.8, 4) is 0 Å². The maximum Gasteiger partial charge on any atom is 0.0769 e. The molecule has 94 valence electrons. The summed E-state index contributed by atoms with van der Waals surface area (Å²) in [7, 11) is 1.96. The molecule has 0 aliphatic rings. The number of nitrogens with zero attached hydrogens (tertiary/aromatic N) is 2. The number of hydrogen-bond acceptors (Lipinski definition) is 3. The lowest BCUT2D eigenvalue weighted by Crippen LogP contribution is -2.21. The monoisotopic (exact) mass is 241 g/mol. The molecule has 0 aliphatic heterocycles. The fourth-order valence-electron chi connectivity index (χ4n) is 2.23. The molecule has 3 nitrogen and oxygen atoms in total. The molecule has 1 unspecified atom stereocenters. The normalized spacial score (nSPS) is 12.4. The molecule has 1 N–H and O–H groups in total. The summed E-state index contributed by atoms with van der Waals surface area (Å²) in [6.07, 6.45) is 6.58. The minimum Gasteiger partial charge on any atom is -0.308 e. The highest BCUT2D eigenvalue weighted by atomic mass is 14.9. The van der Waals surface area contributed by atoms with E-state index in [0.29, 0.717) is 0 Å². The van der Waals surface area contributed by atoms with Gasteiger partial charge in [0.2, 0.25) is 0 Å². The lowest BCUT2D eigenvalue weighted by atomic mass is 9.96. The van der Waals surface area contributed by atoms with Crippen LogP contribution in [0.15, 0.2) is 36.8 Å². The molecule has 2 rings (SSSR count). The van der Waals surface area contributed by atoms with Gasteiger partial charge < -0.3 is 5.32 Å². The van der Waals surface area contributed by atoms with E-state index in [1.54, 1.807) is 0 Å². The van der Waals surface area contributed by atoms with E-state index in [4.69, 9.17) is 0 Å². The van der Waals surface area contributed by atoms with Crippen LogP contribution in [0.4, 0.5) is 0 Å². The summed E-state index contributed by atoms with van der Waals surface area (Å²) < 4.78 is 0. The van der Waals surface area contributed by atoms with Gasteiger partial charge in [0.25, 0.3) is 0 Å². The molecule has 0 spiro atoms. The van der Waals surface area contributed by atoms with E-state index in [1.807, 2.05) is 37.8 Å². The van der Waals surface area contributed by atoms with Gasteiger partial charge in [-0.3, -0.25) is 9.97 Å². The first-order valence-corrected chi connectivity index (χ1v) is 6.29. The molecule has 0 fully saturated rings. The number of nitrogens with one attached hydrogen (secondary N) is 1. The Morgan fingerprint density at radius 2 is 2.11 bits per heavy atom. The van der Waals surface area contributed by atoms with E-state index < -0.39 is 0 Å². The average molecular weight is 241 g/mol. The highest BCUT2D eigenvalue weighted by Gasteiger charge is 2.18. The predicted molar refractivity (Wildman–Crippen MR) is 73.5 cm³/mol. The molecule has 3 heteroatoms. The minimum atomic E-state index is 0.106. The third-order valence-corrected chi connectivity index (χ3v) is 3.26. The van der Waals surface area contributed by atoms with Crippen LogP contribution in [-0.4, -0.2) is 17.0 Å². The van der Waals surface area contributed by atoms with Crippen LogP contribution < -0.4 is 5.32 Å². The van der Waals surface area contributed by atoms with Gasteiger partial charge in [0.15, 0.2) is 0 Å². The SMILES string of the molecule is CCc1cccnc1C(NC)c1cnccc1C. The lowest BCUT2D eigenvalue weighted by Gasteiger charge is -2.20. The molecule has 2 aromatic rings. The summed E-state index contributed by atoms with van der Waals surface area (Å²) in [5.41, 5.74) is 4.80. The van der Waals surface area contributed by atoms with E-state index in [9.17, 15) is 0 Å². The summed E-state index contributed by atoms with van der Waals surface area (Å²) in [5, 5.41) is 3.35. The third-order valence-electron chi connectivity index (χ3n) is 3.26. The number of aromatic nitrogens is 2. The molecule has 2 aromatic heterocycles. The molecule has 2 heterocycles. The summed E-state index contributed by atoms with van der Waals surface area (Å²) in [4.78, 5) is 8.78. The van der Waals surface area contributed by atoms with E-state index in [2.05, 4.69) is 35.2 Å². The smallest absolute Gasteiger partial charge is 0.0769 e. The summed E-state index contributed by atoms with van der Waals surface area (Å²) in [6, 6.07) is 6.27. The first kappa shape index (κ1) is 12.7. The lowest BCUT2D eigenvalue weighted by molar-refractivity contribution is 0.655. The highest BCUT2D eigenvalue weighted by molar-refractivity contribution is 5.35. The van der Waals surface area contributed by atoms with Crippen LogP contribution in [0.2, 0.25) is 0 Å². The van der Waals surface area contributed by atoms with Gasteiger partial charge in [0, 0.05) is 18.6 Å². The zero-order valence-corrected chi connectivity index (χ0v) is 11.1. The van der Waals surface area contributed by atoms with Crippen LogP contribution in [0.3, 0.4) is 0 Å². The second-order valence-electron chi connectivity index (χ2n) is 4.36. The molecule has 0 saturated carbocycles. The Morgan fingerprint density at radius 1 is 1.28 bits per heavy atom. The van der Waals surface area contributed by atoms with Gasteiger partial charge in [-0.2, -0.15) is 0 Å². The van der Waals surface area contributed by atoms with Crippen molar-refractivity contribution in [1.82, 2.24) is 15.3 Å². The van der Waals surface area contributed by atoms with Crippen molar-refractivity contribution in [2.45, 2.75) is 26.3 Å². The molecular formula is C15H19N3. The van der Waals surface area contributed by atoms with Gasteiger partial charge in [-0.25, -0.2) is 0 Å². The molecule has 0 saturated heterocycles.